The monoisotopic (exact) mass is 339 g/mol. The lowest BCUT2D eigenvalue weighted by atomic mass is 9.93. The molecule has 0 saturated heterocycles. The number of aromatic nitrogens is 4. The van der Waals surface area contributed by atoms with E-state index in [1.54, 1.807) is 4.68 Å². The van der Waals surface area contributed by atoms with Crippen molar-refractivity contribution < 1.29 is 18.0 Å². The molecule has 1 aromatic carbocycles. The molecule has 2 aromatic rings. The van der Waals surface area contributed by atoms with E-state index in [1.165, 1.54) is 18.2 Å². The molecule has 1 aliphatic rings. The van der Waals surface area contributed by atoms with Gasteiger partial charge in [0.05, 0.1) is 24.6 Å². The van der Waals surface area contributed by atoms with E-state index < -0.39 is 17.6 Å². The van der Waals surface area contributed by atoms with E-state index in [2.05, 4.69) is 20.8 Å². The van der Waals surface area contributed by atoms with Gasteiger partial charge in [-0.05, 0) is 41.3 Å². The van der Waals surface area contributed by atoms with Gasteiger partial charge in [-0.3, -0.25) is 4.79 Å². The molecule has 0 aliphatic heterocycles. The second-order valence-corrected chi connectivity index (χ2v) is 5.73. The summed E-state index contributed by atoms with van der Waals surface area (Å²) in [5.41, 5.74) is -0.847. The molecule has 3 rings (SSSR count). The number of amides is 1. The Hall–Kier alpha value is -2.45. The first-order chi connectivity index (χ1) is 11.4. The van der Waals surface area contributed by atoms with Crippen molar-refractivity contribution in [2.75, 3.05) is 0 Å². The molecule has 0 unspecified atom stereocenters. The van der Waals surface area contributed by atoms with Gasteiger partial charge in [-0.1, -0.05) is 18.2 Å². The zero-order valence-corrected chi connectivity index (χ0v) is 12.8. The van der Waals surface area contributed by atoms with E-state index >= 15 is 0 Å². The van der Waals surface area contributed by atoms with E-state index in [9.17, 15) is 18.0 Å². The van der Waals surface area contributed by atoms with Crippen molar-refractivity contribution in [3.8, 4) is 0 Å². The van der Waals surface area contributed by atoms with Gasteiger partial charge in [0, 0.05) is 0 Å². The molecule has 6 nitrogen and oxygen atoms in total. The van der Waals surface area contributed by atoms with Crippen LogP contribution in [0.25, 0.3) is 0 Å². The van der Waals surface area contributed by atoms with Crippen LogP contribution in [0.5, 0.6) is 0 Å². The summed E-state index contributed by atoms with van der Waals surface area (Å²) in [7, 11) is 0. The van der Waals surface area contributed by atoms with Crippen LogP contribution in [0.4, 0.5) is 13.2 Å². The molecule has 0 spiro atoms. The van der Waals surface area contributed by atoms with Crippen LogP contribution in [-0.4, -0.2) is 26.1 Å². The molecule has 0 bridgehead atoms. The topological polar surface area (TPSA) is 72.7 Å². The molecule has 1 aliphatic carbocycles. The summed E-state index contributed by atoms with van der Waals surface area (Å²) in [6, 6.07) is 5.31. The highest BCUT2D eigenvalue weighted by molar-refractivity contribution is 5.78. The van der Waals surface area contributed by atoms with Crippen LogP contribution >= 0.6 is 0 Å². The first-order valence-corrected chi connectivity index (χ1v) is 7.63. The van der Waals surface area contributed by atoms with E-state index in [0.29, 0.717) is 5.82 Å². The second-order valence-electron chi connectivity index (χ2n) is 5.73. The van der Waals surface area contributed by atoms with Crippen LogP contribution in [0.2, 0.25) is 0 Å². The zero-order valence-electron chi connectivity index (χ0n) is 12.8. The highest BCUT2D eigenvalue weighted by Crippen LogP contribution is 2.32. The van der Waals surface area contributed by atoms with Crippen LogP contribution in [0.1, 0.15) is 42.3 Å². The molecule has 1 heterocycles. The number of carbonyl (C=O) groups is 1. The minimum atomic E-state index is -4.48. The summed E-state index contributed by atoms with van der Waals surface area (Å²) in [5, 5.41) is 13.9. The highest BCUT2D eigenvalue weighted by atomic mass is 19.4. The molecule has 9 heteroatoms. The normalized spacial score (nSPS) is 15.1. The average Bonchev–Trinajstić information content (AvgIpc) is 2.91. The summed E-state index contributed by atoms with van der Waals surface area (Å²) in [5.74, 6) is 0.00650. The molecule has 1 aromatic heterocycles. The Kier molecular flexibility index (Phi) is 4.50. The Morgan fingerprint density at radius 2 is 2.04 bits per heavy atom. The van der Waals surface area contributed by atoms with Crippen molar-refractivity contribution in [3.63, 3.8) is 0 Å². The smallest absolute Gasteiger partial charge is 0.348 e. The SMILES string of the molecule is O=C(Cc1ccccc1C(F)(F)F)NCc1nnnn1C1CCC1. The number of tetrazole rings is 1. The van der Waals surface area contributed by atoms with Gasteiger partial charge in [-0.25, -0.2) is 4.68 Å². The maximum Gasteiger partial charge on any atom is 0.416 e. The molecule has 0 radical (unpaired) electrons. The van der Waals surface area contributed by atoms with Crippen molar-refractivity contribution in [1.29, 1.82) is 0 Å². The lowest BCUT2D eigenvalue weighted by Crippen LogP contribution is -2.29. The summed E-state index contributed by atoms with van der Waals surface area (Å²) in [6.45, 7) is 0.0938. The third kappa shape index (κ3) is 3.55. The van der Waals surface area contributed by atoms with E-state index in [-0.39, 0.29) is 24.6 Å². The van der Waals surface area contributed by atoms with Crippen LogP contribution in [0.3, 0.4) is 0 Å². The molecule has 1 amide bonds. The van der Waals surface area contributed by atoms with Crippen LogP contribution in [0.15, 0.2) is 24.3 Å². The van der Waals surface area contributed by atoms with Crippen molar-refractivity contribution in [2.45, 2.75) is 44.4 Å². The maximum absolute atomic E-state index is 12.9. The summed E-state index contributed by atoms with van der Waals surface area (Å²) in [6.07, 6.45) is -1.73. The van der Waals surface area contributed by atoms with E-state index in [0.717, 1.165) is 25.3 Å². The largest absolute Gasteiger partial charge is 0.416 e. The number of hydrogen-bond acceptors (Lipinski definition) is 4. The number of alkyl halides is 3. The fraction of sp³-hybridized carbons (Fsp3) is 0.467. The van der Waals surface area contributed by atoms with Crippen molar-refractivity contribution in [3.05, 3.63) is 41.2 Å². The molecule has 0 atom stereocenters. The average molecular weight is 339 g/mol. The van der Waals surface area contributed by atoms with Crippen LogP contribution in [-0.2, 0) is 23.9 Å². The third-order valence-corrected chi connectivity index (χ3v) is 4.10. The van der Waals surface area contributed by atoms with Crippen LogP contribution in [0, 0.1) is 0 Å². The second kappa shape index (κ2) is 6.58. The van der Waals surface area contributed by atoms with Gasteiger partial charge in [0.2, 0.25) is 5.91 Å². The lowest BCUT2D eigenvalue weighted by molar-refractivity contribution is -0.138. The van der Waals surface area contributed by atoms with Gasteiger partial charge in [-0.15, -0.1) is 5.10 Å². The Morgan fingerprint density at radius 3 is 2.71 bits per heavy atom. The molecule has 1 N–H and O–H groups in total. The van der Waals surface area contributed by atoms with Gasteiger partial charge in [-0.2, -0.15) is 13.2 Å². The van der Waals surface area contributed by atoms with Gasteiger partial charge >= 0.3 is 6.18 Å². The first kappa shape index (κ1) is 16.4. The number of nitrogens with zero attached hydrogens (tertiary/aromatic N) is 4. The Bertz CT molecular complexity index is 724. The minimum absolute atomic E-state index is 0.0546. The van der Waals surface area contributed by atoms with Crippen molar-refractivity contribution in [2.24, 2.45) is 0 Å². The Morgan fingerprint density at radius 1 is 1.29 bits per heavy atom. The maximum atomic E-state index is 12.9. The minimum Gasteiger partial charge on any atom is -0.348 e. The van der Waals surface area contributed by atoms with E-state index in [1.807, 2.05) is 0 Å². The zero-order chi connectivity index (χ0) is 17.2. The fourth-order valence-corrected chi connectivity index (χ4v) is 2.61. The molecule has 1 fully saturated rings. The summed E-state index contributed by atoms with van der Waals surface area (Å²) >= 11 is 0. The van der Waals surface area contributed by atoms with Crippen LogP contribution < -0.4 is 5.32 Å². The number of benzene rings is 1. The standard InChI is InChI=1S/C15H16F3N5O/c16-15(17,18)12-7-2-1-4-10(12)8-14(24)19-9-13-20-21-22-23(13)11-5-3-6-11/h1-2,4,7,11H,3,5-6,8-9H2,(H,19,24). The number of halogens is 3. The number of rotatable bonds is 5. The van der Waals surface area contributed by atoms with Gasteiger partial charge in [0.25, 0.3) is 0 Å². The lowest BCUT2D eigenvalue weighted by Gasteiger charge is -2.25. The third-order valence-electron chi connectivity index (χ3n) is 4.10. The van der Waals surface area contributed by atoms with Crippen molar-refractivity contribution >= 4 is 5.91 Å². The fourth-order valence-electron chi connectivity index (χ4n) is 2.61. The first-order valence-electron chi connectivity index (χ1n) is 7.63. The number of carbonyl (C=O) groups excluding carboxylic acids is 1. The predicted octanol–water partition coefficient (Wildman–Crippen LogP) is 2.28. The number of nitrogens with one attached hydrogen (secondary N) is 1. The molecular formula is C15H16F3N5O. The number of hydrogen-bond donors (Lipinski definition) is 1. The molecular weight excluding hydrogens is 323 g/mol. The molecule has 1 saturated carbocycles. The Balaban J connectivity index is 1.62. The van der Waals surface area contributed by atoms with Gasteiger partial charge < -0.3 is 5.32 Å². The van der Waals surface area contributed by atoms with Gasteiger partial charge in [0.15, 0.2) is 5.82 Å². The summed E-state index contributed by atoms with van der Waals surface area (Å²) in [4.78, 5) is 12.0. The summed E-state index contributed by atoms with van der Waals surface area (Å²) < 4.78 is 40.5. The van der Waals surface area contributed by atoms with E-state index in [4.69, 9.17) is 0 Å². The quantitative estimate of drug-likeness (QED) is 0.907. The highest BCUT2D eigenvalue weighted by Gasteiger charge is 2.33. The Labute approximate surface area is 136 Å². The van der Waals surface area contributed by atoms with Crippen molar-refractivity contribution in [1.82, 2.24) is 25.5 Å². The molecule has 128 valence electrons. The van der Waals surface area contributed by atoms with Gasteiger partial charge in [0.1, 0.15) is 0 Å². The predicted molar refractivity (Wildman–Crippen MR) is 77.7 cm³/mol. The molecule has 24 heavy (non-hydrogen) atoms.